The van der Waals surface area contributed by atoms with Crippen LogP contribution < -0.4 is 0 Å². The minimum atomic E-state index is -5.84. The molecule has 339 valence electrons. The molecule has 9 nitrogen and oxygen atoms in total. The molecule has 11 atom stereocenters. The molecule has 2 saturated carbocycles. The van der Waals surface area contributed by atoms with Gasteiger partial charge in [-0.25, -0.2) is 0 Å². The number of alkyl halides is 6. The van der Waals surface area contributed by atoms with E-state index in [9.17, 15) is 31.4 Å². The molecule has 6 aliphatic rings. The van der Waals surface area contributed by atoms with Gasteiger partial charge < -0.3 is 14.6 Å². The summed E-state index contributed by atoms with van der Waals surface area (Å²) in [5.41, 5.74) is -6.80. The summed E-state index contributed by atoms with van der Waals surface area (Å²) in [7, 11) is -11.7. The minimum absolute atomic E-state index is 0. The topological polar surface area (TPSA) is 147 Å². The van der Waals surface area contributed by atoms with Crippen molar-refractivity contribution < 1.29 is 83.9 Å². The average molecular weight is 911 g/mol. The van der Waals surface area contributed by atoms with E-state index in [4.69, 9.17) is 35.4 Å². The third-order valence-electron chi connectivity index (χ3n) is 14.5. The van der Waals surface area contributed by atoms with Crippen molar-refractivity contribution in [1.82, 2.24) is 0 Å². The first-order chi connectivity index (χ1) is 24.1. The van der Waals surface area contributed by atoms with Gasteiger partial charge in [-0.1, -0.05) is 66.5 Å². The van der Waals surface area contributed by atoms with Crippen molar-refractivity contribution in [2.24, 2.45) is 45.8 Å². The molecule has 0 spiro atoms. The van der Waals surface area contributed by atoms with Crippen LogP contribution >= 0.6 is 0 Å². The quantitative estimate of drug-likeness (QED) is 0.0769. The van der Waals surface area contributed by atoms with Gasteiger partial charge in [0.25, 0.3) is 0 Å². The normalized spacial score (nSPS) is 41.2. The number of aliphatic hydroxyl groups excluding tert-OH is 1. The fraction of sp³-hybridized carbons (Fsp3) is 0.947. The van der Waals surface area contributed by atoms with E-state index in [0.717, 1.165) is 36.5 Å². The van der Waals surface area contributed by atoms with E-state index in [1.165, 1.54) is 36.8 Å². The number of ether oxygens (including phenoxy) is 2. The first-order valence-corrected chi connectivity index (χ1v) is 21.8. The Morgan fingerprint density at radius 3 is 1.43 bits per heavy atom. The van der Waals surface area contributed by atoms with Crippen molar-refractivity contribution >= 4 is 20.2 Å². The number of halogens is 6. The Bertz CT molecular complexity index is 1480. The monoisotopic (exact) mass is 909 g/mol. The van der Waals surface area contributed by atoms with Crippen LogP contribution in [-0.2, 0) is 46.8 Å². The second kappa shape index (κ2) is 18.7. The summed E-state index contributed by atoms with van der Waals surface area (Å²) in [5.74, 6) is 3.57. The molecule has 0 aromatic rings. The van der Waals surface area contributed by atoms with Crippen LogP contribution in [0, 0.1) is 45.8 Å². The van der Waals surface area contributed by atoms with E-state index in [2.05, 4.69) is 96.9 Å². The second-order valence-electron chi connectivity index (χ2n) is 18.5. The van der Waals surface area contributed by atoms with Crippen LogP contribution in [0.15, 0.2) is 11.1 Å². The summed E-state index contributed by atoms with van der Waals surface area (Å²) >= 11 is 0. The van der Waals surface area contributed by atoms with E-state index < -0.39 is 31.3 Å². The standard InChI is InChI=1S/3C12H22O.2CHF3O3S.Cu/c1-8-6-11(4)7-9(2)12(8,5)13-10(11)3;1-8-6-9(2)12(5)7-11(8,4)10(3)13-12;1-8-6-10(3)12(5,11(4)13)7-9(8)2;2*2-1(3,4)8(5,6)7;/h2*8-10H,6-7H2,1-5H3;10-11,13H,6-7H2,1-5H3;2*(H,5,6,7);. The number of rotatable bonds is 1. The number of aliphatic hydroxyl groups is 1. The van der Waals surface area contributed by atoms with Gasteiger partial charge in [-0.2, -0.15) is 43.2 Å². The van der Waals surface area contributed by atoms with Crippen LogP contribution in [0.2, 0.25) is 0 Å². The molecule has 3 aliphatic heterocycles. The minimum Gasteiger partial charge on any atom is -0.393 e. The molecule has 0 amide bonds. The van der Waals surface area contributed by atoms with Gasteiger partial charge in [0.1, 0.15) is 0 Å². The molecule has 0 aromatic heterocycles. The van der Waals surface area contributed by atoms with Crippen LogP contribution in [0.4, 0.5) is 26.3 Å². The fourth-order valence-corrected chi connectivity index (χ4v) is 9.18. The molecule has 5 fully saturated rings. The molecule has 56 heavy (non-hydrogen) atoms. The number of hydrogen-bond acceptors (Lipinski definition) is 7. The maximum Gasteiger partial charge on any atom is 0.522 e. The zero-order valence-electron chi connectivity index (χ0n) is 35.5. The maximum absolute atomic E-state index is 10.7. The third kappa shape index (κ3) is 12.5. The van der Waals surface area contributed by atoms with Crippen molar-refractivity contribution in [3.63, 3.8) is 0 Å². The van der Waals surface area contributed by atoms with Crippen LogP contribution in [0.25, 0.3) is 0 Å². The van der Waals surface area contributed by atoms with Crippen molar-refractivity contribution in [1.29, 1.82) is 0 Å². The summed E-state index contributed by atoms with van der Waals surface area (Å²) < 4.78 is 127. The van der Waals surface area contributed by atoms with Crippen molar-refractivity contribution in [3.05, 3.63) is 11.1 Å². The molecule has 3 heterocycles. The van der Waals surface area contributed by atoms with Gasteiger partial charge in [0.05, 0.1) is 29.5 Å². The molecule has 1 radical (unpaired) electrons. The Balaban J connectivity index is 0.000000685. The zero-order valence-corrected chi connectivity index (χ0v) is 38.1. The Morgan fingerprint density at radius 1 is 0.679 bits per heavy atom. The number of fused-ring (bicyclic) bond motifs is 5. The van der Waals surface area contributed by atoms with Gasteiger partial charge in [-0.05, 0) is 133 Å². The van der Waals surface area contributed by atoms with Gasteiger partial charge in [0.15, 0.2) is 0 Å². The Labute approximate surface area is 342 Å². The maximum atomic E-state index is 10.7. The second-order valence-corrected chi connectivity index (χ2v) is 21.3. The molecule has 0 aromatic carbocycles. The van der Waals surface area contributed by atoms with Gasteiger partial charge in [0.2, 0.25) is 0 Å². The molecular formula is C38H68CuF6O9S2. The molecule has 6 rings (SSSR count). The van der Waals surface area contributed by atoms with Crippen LogP contribution in [-0.4, -0.2) is 71.6 Å². The van der Waals surface area contributed by atoms with E-state index in [0.29, 0.717) is 29.0 Å². The van der Waals surface area contributed by atoms with Crippen molar-refractivity contribution in [2.75, 3.05) is 0 Å². The fourth-order valence-electron chi connectivity index (χ4n) is 9.18. The average Bonchev–Trinajstić information content (AvgIpc) is 3.19. The first kappa shape index (κ1) is 55.5. The van der Waals surface area contributed by atoms with Crippen molar-refractivity contribution in [2.45, 2.75) is 183 Å². The predicted octanol–water partition coefficient (Wildman–Crippen LogP) is 10.4. The Morgan fingerprint density at radius 2 is 1.07 bits per heavy atom. The van der Waals surface area contributed by atoms with Gasteiger partial charge in [0, 0.05) is 17.1 Å². The van der Waals surface area contributed by atoms with E-state index in [1.807, 2.05) is 6.92 Å². The molecule has 3 aliphatic carbocycles. The van der Waals surface area contributed by atoms with Crippen LogP contribution in [0.1, 0.15) is 142 Å². The summed E-state index contributed by atoms with van der Waals surface area (Å²) in [6, 6.07) is 0. The summed E-state index contributed by atoms with van der Waals surface area (Å²) in [6.07, 6.45) is 8.16. The summed E-state index contributed by atoms with van der Waals surface area (Å²) in [6.45, 7) is 34.1. The molecular weight excluding hydrogens is 842 g/mol. The van der Waals surface area contributed by atoms with E-state index >= 15 is 0 Å². The Hall–Kier alpha value is -0.461. The summed E-state index contributed by atoms with van der Waals surface area (Å²) in [5, 5.41) is 9.79. The number of hydrogen-bond donors (Lipinski definition) is 3. The molecule has 18 heteroatoms. The zero-order chi connectivity index (χ0) is 43.9. The molecule has 4 bridgehead atoms. The largest absolute Gasteiger partial charge is 0.522 e. The van der Waals surface area contributed by atoms with Crippen LogP contribution in [0.5, 0.6) is 0 Å². The first-order valence-electron chi connectivity index (χ1n) is 18.9. The van der Waals surface area contributed by atoms with E-state index in [-0.39, 0.29) is 39.8 Å². The predicted molar refractivity (Wildman–Crippen MR) is 201 cm³/mol. The third-order valence-corrected chi connectivity index (χ3v) is 15.7. The SMILES string of the molecule is CC1=C(C)CC(C)(C(C)O)C(C)C1.CC1CC(C)C2(C)CC1(C)OC2C.CC1OC2(C)C(C)CC1(C)CC2C.O=S(=O)(O)C(F)(F)F.O=S(=O)(O)C(F)(F)F.[Cu]. The summed E-state index contributed by atoms with van der Waals surface area (Å²) in [4.78, 5) is 0. The molecule has 3 N–H and O–H groups in total. The molecule has 11 unspecified atom stereocenters. The van der Waals surface area contributed by atoms with E-state index in [1.54, 1.807) is 0 Å². The van der Waals surface area contributed by atoms with Crippen molar-refractivity contribution in [3.8, 4) is 0 Å². The smallest absolute Gasteiger partial charge is 0.393 e. The Kier molecular flexibility index (Phi) is 18.5. The van der Waals surface area contributed by atoms with Gasteiger partial charge >= 0.3 is 31.3 Å². The number of allylic oxidation sites excluding steroid dienone is 2. The van der Waals surface area contributed by atoms with Gasteiger partial charge in [-0.15, -0.1) is 0 Å². The van der Waals surface area contributed by atoms with Crippen LogP contribution in [0.3, 0.4) is 0 Å². The molecule has 3 saturated heterocycles. The van der Waals surface area contributed by atoms with Gasteiger partial charge in [-0.3, -0.25) is 9.11 Å².